The number of nitrogens with two attached hydrogens (primary N) is 1. The fourth-order valence-electron chi connectivity index (χ4n) is 1.42. The fraction of sp³-hybridized carbons (Fsp3) is 0.333. The van der Waals surface area contributed by atoms with Crippen molar-refractivity contribution in [3.05, 3.63) is 24.0 Å². The van der Waals surface area contributed by atoms with Crippen molar-refractivity contribution < 1.29 is 10.2 Å². The predicted molar refractivity (Wildman–Crippen MR) is 53.9 cm³/mol. The highest BCUT2D eigenvalue weighted by molar-refractivity contribution is 5.77. The standard InChI is InChI=1S/C9H12N4O2/c10-4-6(14)8(15)7-5-2-1-3-11-9(5)13-12-7/h1-3,6,8,14-15H,4,10H2,(H,11,12,13). The smallest absolute Gasteiger partial charge is 0.181 e. The molecule has 0 aliphatic heterocycles. The average Bonchev–Trinajstić information content (AvgIpc) is 2.70. The van der Waals surface area contributed by atoms with Gasteiger partial charge in [-0.3, -0.25) is 5.10 Å². The lowest BCUT2D eigenvalue weighted by atomic mass is 10.1. The number of nitrogens with one attached hydrogen (secondary N) is 1. The van der Waals surface area contributed by atoms with Crippen molar-refractivity contribution in [2.75, 3.05) is 6.54 Å². The number of fused-ring (bicyclic) bond motifs is 1. The third-order valence-corrected chi connectivity index (χ3v) is 2.26. The second-order valence-electron chi connectivity index (χ2n) is 3.26. The van der Waals surface area contributed by atoms with Crippen molar-refractivity contribution in [3.63, 3.8) is 0 Å². The van der Waals surface area contributed by atoms with Crippen molar-refractivity contribution in [2.24, 2.45) is 5.73 Å². The lowest BCUT2D eigenvalue weighted by Gasteiger charge is -2.14. The largest absolute Gasteiger partial charge is 0.389 e. The van der Waals surface area contributed by atoms with Gasteiger partial charge in [-0.1, -0.05) is 0 Å². The zero-order chi connectivity index (χ0) is 10.8. The van der Waals surface area contributed by atoms with Crippen molar-refractivity contribution in [3.8, 4) is 0 Å². The van der Waals surface area contributed by atoms with Crippen molar-refractivity contribution in [1.82, 2.24) is 15.2 Å². The Balaban J connectivity index is 2.43. The van der Waals surface area contributed by atoms with Crippen LogP contribution in [0.15, 0.2) is 18.3 Å². The van der Waals surface area contributed by atoms with Gasteiger partial charge in [0.1, 0.15) is 6.10 Å². The molecular formula is C9H12N4O2. The van der Waals surface area contributed by atoms with E-state index in [4.69, 9.17) is 5.73 Å². The lowest BCUT2D eigenvalue weighted by molar-refractivity contribution is 0.0225. The second-order valence-corrected chi connectivity index (χ2v) is 3.26. The number of aliphatic hydroxyl groups is 2. The molecule has 0 bridgehead atoms. The molecule has 6 heteroatoms. The van der Waals surface area contributed by atoms with Crippen LogP contribution in [-0.2, 0) is 0 Å². The van der Waals surface area contributed by atoms with Crippen molar-refractivity contribution in [1.29, 1.82) is 0 Å². The van der Waals surface area contributed by atoms with Crippen LogP contribution >= 0.6 is 0 Å². The fourth-order valence-corrected chi connectivity index (χ4v) is 1.42. The van der Waals surface area contributed by atoms with Crippen LogP contribution in [0.2, 0.25) is 0 Å². The minimum Gasteiger partial charge on any atom is -0.389 e. The summed E-state index contributed by atoms with van der Waals surface area (Å²) in [6.45, 7) is -0.0120. The maximum Gasteiger partial charge on any atom is 0.181 e. The van der Waals surface area contributed by atoms with Gasteiger partial charge in [-0.25, -0.2) is 4.98 Å². The number of aromatic amines is 1. The number of aliphatic hydroxyl groups excluding tert-OH is 2. The van der Waals surface area contributed by atoms with E-state index < -0.39 is 12.2 Å². The summed E-state index contributed by atoms with van der Waals surface area (Å²) in [6, 6.07) is 3.51. The number of aromatic nitrogens is 3. The summed E-state index contributed by atoms with van der Waals surface area (Å²) >= 11 is 0. The maximum absolute atomic E-state index is 9.75. The molecule has 80 valence electrons. The molecule has 2 unspecified atom stereocenters. The van der Waals surface area contributed by atoms with Gasteiger partial charge >= 0.3 is 0 Å². The Morgan fingerprint density at radius 2 is 2.27 bits per heavy atom. The van der Waals surface area contributed by atoms with Gasteiger partial charge in [0.05, 0.1) is 11.8 Å². The molecule has 0 spiro atoms. The molecule has 5 N–H and O–H groups in total. The van der Waals surface area contributed by atoms with Crippen molar-refractivity contribution in [2.45, 2.75) is 12.2 Å². The first-order valence-electron chi connectivity index (χ1n) is 4.59. The number of rotatable bonds is 3. The number of hydrogen-bond donors (Lipinski definition) is 4. The first-order chi connectivity index (χ1) is 7.24. The molecule has 0 saturated carbocycles. The molecule has 0 aliphatic carbocycles. The maximum atomic E-state index is 9.75. The van der Waals surface area contributed by atoms with Gasteiger partial charge in [-0.15, -0.1) is 0 Å². The molecule has 0 amide bonds. The van der Waals surface area contributed by atoms with Gasteiger partial charge in [0.15, 0.2) is 5.65 Å². The Hall–Kier alpha value is -1.50. The van der Waals surface area contributed by atoms with E-state index in [1.807, 2.05) is 0 Å². The van der Waals surface area contributed by atoms with Gasteiger partial charge in [0.2, 0.25) is 0 Å². The van der Waals surface area contributed by atoms with Gasteiger partial charge in [-0.05, 0) is 12.1 Å². The zero-order valence-electron chi connectivity index (χ0n) is 7.96. The Morgan fingerprint density at radius 3 is 3.00 bits per heavy atom. The molecular weight excluding hydrogens is 196 g/mol. The summed E-state index contributed by atoms with van der Waals surface area (Å²) in [5.74, 6) is 0. The summed E-state index contributed by atoms with van der Waals surface area (Å²) in [5.41, 5.74) is 6.21. The van der Waals surface area contributed by atoms with E-state index in [-0.39, 0.29) is 6.54 Å². The molecule has 15 heavy (non-hydrogen) atoms. The molecule has 2 rings (SSSR count). The Morgan fingerprint density at radius 1 is 1.47 bits per heavy atom. The summed E-state index contributed by atoms with van der Waals surface area (Å²) in [4.78, 5) is 4.00. The quantitative estimate of drug-likeness (QED) is 0.534. The van der Waals surface area contributed by atoms with E-state index in [0.29, 0.717) is 16.7 Å². The van der Waals surface area contributed by atoms with Gasteiger partial charge in [0, 0.05) is 18.1 Å². The molecule has 2 aromatic heterocycles. The Bertz CT molecular complexity index is 456. The summed E-state index contributed by atoms with van der Waals surface area (Å²) < 4.78 is 0. The third kappa shape index (κ3) is 1.70. The molecule has 2 atom stereocenters. The summed E-state index contributed by atoms with van der Waals surface area (Å²) in [7, 11) is 0. The van der Waals surface area contributed by atoms with Crippen LogP contribution in [0.4, 0.5) is 0 Å². The molecule has 0 radical (unpaired) electrons. The SMILES string of the molecule is NCC(O)C(O)c1[nH]nc2ncccc12. The summed E-state index contributed by atoms with van der Waals surface area (Å²) in [6.07, 6.45) is -0.461. The first kappa shape index (κ1) is 10.0. The van der Waals surface area contributed by atoms with Gasteiger partial charge < -0.3 is 15.9 Å². The van der Waals surface area contributed by atoms with E-state index in [0.717, 1.165) is 0 Å². The van der Waals surface area contributed by atoms with E-state index in [1.54, 1.807) is 18.3 Å². The van der Waals surface area contributed by atoms with Gasteiger partial charge in [-0.2, -0.15) is 5.10 Å². The van der Waals surface area contributed by atoms with E-state index >= 15 is 0 Å². The van der Waals surface area contributed by atoms with Crippen LogP contribution in [0.1, 0.15) is 11.8 Å². The molecule has 0 aliphatic rings. The Kier molecular flexibility index (Phi) is 2.63. The number of hydrogen-bond acceptors (Lipinski definition) is 5. The summed E-state index contributed by atoms with van der Waals surface area (Å²) in [5, 5.41) is 26.4. The van der Waals surface area contributed by atoms with E-state index in [2.05, 4.69) is 15.2 Å². The van der Waals surface area contributed by atoms with Crippen molar-refractivity contribution >= 4 is 11.0 Å². The minimum absolute atomic E-state index is 0.0120. The predicted octanol–water partition coefficient (Wildman–Crippen LogP) is -0.689. The minimum atomic E-state index is -1.07. The van der Waals surface area contributed by atoms with Crippen LogP contribution in [0.25, 0.3) is 11.0 Å². The van der Waals surface area contributed by atoms with Crippen LogP contribution < -0.4 is 5.73 Å². The average molecular weight is 208 g/mol. The van der Waals surface area contributed by atoms with Gasteiger partial charge in [0.25, 0.3) is 0 Å². The first-order valence-corrected chi connectivity index (χ1v) is 4.59. The number of nitrogens with zero attached hydrogens (tertiary/aromatic N) is 2. The monoisotopic (exact) mass is 208 g/mol. The van der Waals surface area contributed by atoms with E-state index in [9.17, 15) is 10.2 Å². The Labute approximate surface area is 85.8 Å². The molecule has 2 aromatic rings. The number of H-pyrrole nitrogens is 1. The highest BCUT2D eigenvalue weighted by Gasteiger charge is 2.21. The molecule has 6 nitrogen and oxygen atoms in total. The molecule has 0 fully saturated rings. The highest BCUT2D eigenvalue weighted by Crippen LogP contribution is 2.21. The highest BCUT2D eigenvalue weighted by atomic mass is 16.3. The van der Waals surface area contributed by atoms with Crippen LogP contribution in [0.5, 0.6) is 0 Å². The normalized spacial score (nSPS) is 15.4. The van der Waals surface area contributed by atoms with Crippen LogP contribution in [-0.4, -0.2) is 38.0 Å². The van der Waals surface area contributed by atoms with Crippen LogP contribution in [0, 0.1) is 0 Å². The third-order valence-electron chi connectivity index (χ3n) is 2.26. The zero-order valence-corrected chi connectivity index (χ0v) is 7.96. The molecule has 2 heterocycles. The molecule has 0 aromatic carbocycles. The number of pyridine rings is 1. The van der Waals surface area contributed by atoms with Crippen LogP contribution in [0.3, 0.4) is 0 Å². The van der Waals surface area contributed by atoms with E-state index in [1.165, 1.54) is 0 Å². The topological polar surface area (TPSA) is 108 Å². The molecule has 0 saturated heterocycles. The second kappa shape index (κ2) is 3.93. The lowest BCUT2D eigenvalue weighted by Crippen LogP contribution is -2.27.